The van der Waals surface area contributed by atoms with Crippen molar-refractivity contribution >= 4 is 23.3 Å². The van der Waals surface area contributed by atoms with E-state index < -0.39 is 5.92 Å². The third-order valence-electron chi connectivity index (χ3n) is 5.38. The van der Waals surface area contributed by atoms with E-state index >= 15 is 0 Å². The number of aryl methyl sites for hydroxylation is 1. The number of hydrogen-bond acceptors (Lipinski definition) is 4. The second-order valence-electron chi connectivity index (χ2n) is 7.28. The van der Waals surface area contributed by atoms with Crippen LogP contribution >= 0.6 is 0 Å². The minimum absolute atomic E-state index is 0.0452. The summed E-state index contributed by atoms with van der Waals surface area (Å²) < 4.78 is 5.37. The first-order valence-electron chi connectivity index (χ1n) is 9.98. The number of nitrogens with one attached hydrogen (secondary N) is 2. The van der Waals surface area contributed by atoms with Gasteiger partial charge in [0, 0.05) is 30.3 Å². The number of amides is 2. The molecule has 1 atom stereocenters. The Balaban J connectivity index is 1.43. The number of aromatic amines is 1. The summed E-state index contributed by atoms with van der Waals surface area (Å²) >= 11 is 0. The highest BCUT2D eigenvalue weighted by Crippen LogP contribution is 2.30. The summed E-state index contributed by atoms with van der Waals surface area (Å²) in [7, 11) is 1.61. The van der Waals surface area contributed by atoms with Crippen LogP contribution < -0.4 is 15.0 Å². The van der Waals surface area contributed by atoms with Crippen LogP contribution in [0.4, 0.5) is 11.5 Å². The van der Waals surface area contributed by atoms with Gasteiger partial charge in [0.1, 0.15) is 5.75 Å². The Hall–Kier alpha value is -3.61. The van der Waals surface area contributed by atoms with E-state index in [1.54, 1.807) is 18.1 Å². The molecule has 4 rings (SSSR count). The number of hydrogen-bond donors (Lipinski definition) is 2. The summed E-state index contributed by atoms with van der Waals surface area (Å²) in [6.07, 6.45) is 1.13. The van der Waals surface area contributed by atoms with E-state index in [2.05, 4.69) is 22.4 Å². The zero-order chi connectivity index (χ0) is 21.1. The molecule has 3 aromatic rings. The molecule has 1 aliphatic rings. The van der Waals surface area contributed by atoms with Crippen molar-refractivity contribution in [2.45, 2.75) is 19.8 Å². The lowest BCUT2D eigenvalue weighted by Crippen LogP contribution is -2.28. The van der Waals surface area contributed by atoms with E-state index in [-0.39, 0.29) is 18.2 Å². The standard InChI is InChI=1S/C23H24N4O3/c1-3-15-8-10-17(11-9-15)27-14-16(12-22(27)28)23(29)24-21-13-19(25-26-21)18-6-4-5-7-20(18)30-2/h4-11,13,16H,3,12,14H2,1-2H3,(H2,24,25,26,29). The van der Waals surface area contributed by atoms with Crippen LogP contribution in [0.25, 0.3) is 11.3 Å². The summed E-state index contributed by atoms with van der Waals surface area (Å²) in [5.41, 5.74) is 3.63. The summed E-state index contributed by atoms with van der Waals surface area (Å²) in [5.74, 6) is 0.448. The molecule has 0 radical (unpaired) electrons. The monoisotopic (exact) mass is 404 g/mol. The zero-order valence-corrected chi connectivity index (χ0v) is 17.0. The van der Waals surface area contributed by atoms with E-state index in [1.807, 2.05) is 48.5 Å². The molecule has 1 fully saturated rings. The molecule has 7 heteroatoms. The molecule has 2 N–H and O–H groups in total. The largest absolute Gasteiger partial charge is 0.496 e. The van der Waals surface area contributed by atoms with E-state index in [0.717, 1.165) is 23.4 Å². The minimum Gasteiger partial charge on any atom is -0.496 e. The molecule has 0 aliphatic carbocycles. The molecule has 1 saturated heterocycles. The normalized spacial score (nSPS) is 16.0. The van der Waals surface area contributed by atoms with Gasteiger partial charge in [0.05, 0.1) is 18.7 Å². The van der Waals surface area contributed by atoms with Crippen molar-refractivity contribution in [1.29, 1.82) is 0 Å². The predicted molar refractivity (Wildman–Crippen MR) is 115 cm³/mol. The first-order chi connectivity index (χ1) is 14.6. The molecule has 30 heavy (non-hydrogen) atoms. The Morgan fingerprint density at radius 2 is 2.00 bits per heavy atom. The van der Waals surface area contributed by atoms with Gasteiger partial charge in [-0.25, -0.2) is 0 Å². The molecule has 0 saturated carbocycles. The van der Waals surface area contributed by atoms with Crippen LogP contribution in [0.3, 0.4) is 0 Å². The zero-order valence-electron chi connectivity index (χ0n) is 17.0. The van der Waals surface area contributed by atoms with Crippen molar-refractivity contribution in [3.05, 3.63) is 60.2 Å². The number of aromatic nitrogens is 2. The number of nitrogens with zero attached hydrogens (tertiary/aromatic N) is 2. The third-order valence-corrected chi connectivity index (χ3v) is 5.38. The molecule has 2 amide bonds. The van der Waals surface area contributed by atoms with Gasteiger partial charge in [-0.05, 0) is 36.2 Å². The molecule has 7 nitrogen and oxygen atoms in total. The molecule has 1 unspecified atom stereocenters. The lowest BCUT2D eigenvalue weighted by Gasteiger charge is -2.17. The molecule has 2 aromatic carbocycles. The smallest absolute Gasteiger partial charge is 0.231 e. The number of ether oxygens (including phenoxy) is 1. The summed E-state index contributed by atoms with van der Waals surface area (Å²) in [4.78, 5) is 26.9. The first kappa shape index (κ1) is 19.7. The van der Waals surface area contributed by atoms with E-state index in [1.165, 1.54) is 5.56 Å². The number of para-hydroxylation sites is 1. The number of methoxy groups -OCH3 is 1. The second kappa shape index (κ2) is 8.41. The van der Waals surface area contributed by atoms with Gasteiger partial charge < -0.3 is 15.0 Å². The van der Waals surface area contributed by atoms with Gasteiger partial charge in [-0.1, -0.05) is 31.2 Å². The fourth-order valence-electron chi connectivity index (χ4n) is 3.66. The number of rotatable bonds is 6. The van der Waals surface area contributed by atoms with Crippen molar-refractivity contribution < 1.29 is 14.3 Å². The van der Waals surface area contributed by atoms with Gasteiger partial charge >= 0.3 is 0 Å². The second-order valence-corrected chi connectivity index (χ2v) is 7.28. The maximum absolute atomic E-state index is 12.7. The average molecular weight is 404 g/mol. The molecule has 1 aliphatic heterocycles. The van der Waals surface area contributed by atoms with E-state index in [9.17, 15) is 9.59 Å². The highest BCUT2D eigenvalue weighted by molar-refractivity contribution is 6.03. The van der Waals surface area contributed by atoms with Crippen LogP contribution in [0.1, 0.15) is 18.9 Å². The Morgan fingerprint density at radius 1 is 1.23 bits per heavy atom. The Morgan fingerprint density at radius 3 is 2.73 bits per heavy atom. The van der Waals surface area contributed by atoms with Crippen molar-refractivity contribution in [1.82, 2.24) is 10.2 Å². The van der Waals surface area contributed by atoms with Gasteiger partial charge in [-0.3, -0.25) is 14.7 Å². The summed E-state index contributed by atoms with van der Waals surface area (Å²) in [5, 5.41) is 9.93. The average Bonchev–Trinajstić information content (AvgIpc) is 3.40. The Kier molecular flexibility index (Phi) is 5.52. The van der Waals surface area contributed by atoms with Crippen LogP contribution in [0.2, 0.25) is 0 Å². The maximum Gasteiger partial charge on any atom is 0.231 e. The fraction of sp³-hybridized carbons (Fsp3) is 0.261. The Labute approximate surface area is 175 Å². The van der Waals surface area contributed by atoms with Crippen LogP contribution in [0.5, 0.6) is 5.75 Å². The quantitative estimate of drug-likeness (QED) is 0.657. The minimum atomic E-state index is -0.422. The highest BCUT2D eigenvalue weighted by Gasteiger charge is 2.35. The molecule has 2 heterocycles. The predicted octanol–water partition coefficient (Wildman–Crippen LogP) is 3.64. The van der Waals surface area contributed by atoms with Gasteiger partial charge in [0.15, 0.2) is 5.82 Å². The van der Waals surface area contributed by atoms with E-state index in [4.69, 9.17) is 4.74 Å². The molecule has 1 aromatic heterocycles. The van der Waals surface area contributed by atoms with Gasteiger partial charge in [-0.2, -0.15) is 5.10 Å². The Bertz CT molecular complexity index is 1060. The number of carbonyl (C=O) groups excluding carboxylic acids is 2. The number of benzene rings is 2. The number of anilines is 2. The van der Waals surface area contributed by atoms with Crippen molar-refractivity contribution in [2.24, 2.45) is 5.92 Å². The van der Waals surface area contributed by atoms with Crippen LogP contribution in [0.15, 0.2) is 54.6 Å². The van der Waals surface area contributed by atoms with Crippen molar-refractivity contribution in [2.75, 3.05) is 23.9 Å². The van der Waals surface area contributed by atoms with Gasteiger partial charge in [-0.15, -0.1) is 0 Å². The van der Waals surface area contributed by atoms with Crippen molar-refractivity contribution in [3.8, 4) is 17.0 Å². The fourth-order valence-corrected chi connectivity index (χ4v) is 3.66. The molecular formula is C23H24N4O3. The van der Waals surface area contributed by atoms with Crippen LogP contribution in [0, 0.1) is 5.92 Å². The summed E-state index contributed by atoms with van der Waals surface area (Å²) in [6, 6.07) is 17.2. The molecule has 0 spiro atoms. The van der Waals surface area contributed by atoms with Gasteiger partial charge in [0.25, 0.3) is 0 Å². The highest BCUT2D eigenvalue weighted by atomic mass is 16.5. The van der Waals surface area contributed by atoms with Crippen molar-refractivity contribution in [3.63, 3.8) is 0 Å². The number of H-pyrrole nitrogens is 1. The molecule has 154 valence electrons. The molecular weight excluding hydrogens is 380 g/mol. The van der Waals surface area contributed by atoms with E-state index in [0.29, 0.717) is 18.1 Å². The SMILES string of the molecule is CCc1ccc(N2CC(C(=O)Nc3cc(-c4ccccc4OC)[nH]n3)CC2=O)cc1. The lowest BCUT2D eigenvalue weighted by molar-refractivity contribution is -0.122. The lowest BCUT2D eigenvalue weighted by atomic mass is 10.1. The maximum atomic E-state index is 12.7. The first-order valence-corrected chi connectivity index (χ1v) is 9.98. The topological polar surface area (TPSA) is 87.3 Å². The van der Waals surface area contributed by atoms with Crippen LogP contribution in [-0.4, -0.2) is 35.7 Å². The third kappa shape index (κ3) is 3.91. The number of carbonyl (C=O) groups is 2. The summed E-state index contributed by atoms with van der Waals surface area (Å²) in [6.45, 7) is 2.45. The molecule has 0 bridgehead atoms. The van der Waals surface area contributed by atoms with Gasteiger partial charge in [0.2, 0.25) is 11.8 Å². The van der Waals surface area contributed by atoms with Crippen LogP contribution in [-0.2, 0) is 16.0 Å².